The highest BCUT2D eigenvalue weighted by molar-refractivity contribution is 5.74. The molecule has 0 aliphatic heterocycles. The largest absolute Gasteiger partial charge is 0.496 e. The van der Waals surface area contributed by atoms with Gasteiger partial charge in [-0.1, -0.05) is 19.0 Å². The fourth-order valence-corrected chi connectivity index (χ4v) is 2.13. The molecule has 0 aliphatic carbocycles. The van der Waals surface area contributed by atoms with Crippen molar-refractivity contribution < 1.29 is 9.26 Å². The van der Waals surface area contributed by atoms with Crippen LogP contribution in [-0.4, -0.2) is 12.3 Å². The van der Waals surface area contributed by atoms with Crippen molar-refractivity contribution >= 4 is 5.88 Å². The van der Waals surface area contributed by atoms with Gasteiger partial charge < -0.3 is 15.0 Å². The molecule has 1 aromatic heterocycles. The van der Waals surface area contributed by atoms with Crippen molar-refractivity contribution in [3.63, 3.8) is 0 Å². The van der Waals surface area contributed by atoms with E-state index < -0.39 is 0 Å². The second-order valence-corrected chi connectivity index (χ2v) is 4.67. The molecule has 0 amide bonds. The van der Waals surface area contributed by atoms with E-state index in [1.54, 1.807) is 13.3 Å². The van der Waals surface area contributed by atoms with Crippen LogP contribution in [0.4, 0.5) is 5.88 Å². The van der Waals surface area contributed by atoms with E-state index in [2.05, 4.69) is 25.1 Å². The molecule has 96 valence electrons. The molecule has 0 saturated carbocycles. The van der Waals surface area contributed by atoms with Gasteiger partial charge in [0.25, 0.3) is 0 Å². The summed E-state index contributed by atoms with van der Waals surface area (Å²) in [6.45, 7) is 6.30. The van der Waals surface area contributed by atoms with Crippen molar-refractivity contribution in [1.82, 2.24) is 5.16 Å². The highest BCUT2D eigenvalue weighted by atomic mass is 16.5. The molecule has 0 spiro atoms. The zero-order chi connectivity index (χ0) is 13.3. The van der Waals surface area contributed by atoms with Crippen LogP contribution >= 0.6 is 0 Å². The Morgan fingerprint density at radius 1 is 1.33 bits per heavy atom. The van der Waals surface area contributed by atoms with Gasteiger partial charge in [0, 0.05) is 0 Å². The molecule has 0 saturated heterocycles. The quantitative estimate of drug-likeness (QED) is 0.902. The number of aryl methyl sites for hydroxylation is 1. The number of nitrogens with zero attached hydrogens (tertiary/aromatic N) is 1. The monoisotopic (exact) mass is 246 g/mol. The van der Waals surface area contributed by atoms with E-state index in [-0.39, 0.29) is 0 Å². The molecule has 0 fully saturated rings. The third-order valence-corrected chi connectivity index (χ3v) is 3.04. The van der Waals surface area contributed by atoms with E-state index in [1.807, 2.05) is 13.0 Å². The highest BCUT2D eigenvalue weighted by Gasteiger charge is 2.15. The fourth-order valence-electron chi connectivity index (χ4n) is 2.13. The molecule has 2 N–H and O–H groups in total. The minimum Gasteiger partial charge on any atom is -0.496 e. The number of benzene rings is 1. The maximum atomic E-state index is 5.76. The smallest absolute Gasteiger partial charge is 0.229 e. The third-order valence-electron chi connectivity index (χ3n) is 3.04. The van der Waals surface area contributed by atoms with E-state index in [9.17, 15) is 0 Å². The van der Waals surface area contributed by atoms with Gasteiger partial charge in [0.1, 0.15) is 5.75 Å². The lowest BCUT2D eigenvalue weighted by molar-refractivity contribution is 0.404. The predicted molar refractivity (Wildman–Crippen MR) is 71.7 cm³/mol. The molecule has 0 atom stereocenters. The van der Waals surface area contributed by atoms with E-state index in [0.29, 0.717) is 11.8 Å². The van der Waals surface area contributed by atoms with Crippen LogP contribution in [-0.2, 0) is 0 Å². The van der Waals surface area contributed by atoms with Crippen LogP contribution in [0.1, 0.15) is 30.9 Å². The summed E-state index contributed by atoms with van der Waals surface area (Å²) in [6.07, 6.45) is 1.64. The highest BCUT2D eigenvalue weighted by Crippen LogP contribution is 2.36. The molecule has 18 heavy (non-hydrogen) atoms. The maximum Gasteiger partial charge on any atom is 0.229 e. The van der Waals surface area contributed by atoms with Crippen LogP contribution in [0.15, 0.2) is 22.9 Å². The van der Waals surface area contributed by atoms with Crippen molar-refractivity contribution in [2.24, 2.45) is 0 Å². The molecule has 0 bridgehead atoms. The van der Waals surface area contributed by atoms with Crippen LogP contribution in [0, 0.1) is 6.92 Å². The Bertz CT molecular complexity index is 559. The van der Waals surface area contributed by atoms with Gasteiger partial charge >= 0.3 is 0 Å². The Kier molecular flexibility index (Phi) is 3.28. The summed E-state index contributed by atoms with van der Waals surface area (Å²) in [6, 6.07) is 4.12. The van der Waals surface area contributed by atoms with E-state index in [1.165, 1.54) is 0 Å². The average molecular weight is 246 g/mol. The molecule has 2 aromatic rings. The summed E-state index contributed by atoms with van der Waals surface area (Å²) in [5.41, 5.74) is 9.83. The molecule has 0 radical (unpaired) electrons. The molecule has 4 heteroatoms. The molecular formula is C14H18N2O2. The van der Waals surface area contributed by atoms with Crippen LogP contribution in [0.3, 0.4) is 0 Å². The van der Waals surface area contributed by atoms with Gasteiger partial charge in [-0.15, -0.1) is 0 Å². The lowest BCUT2D eigenvalue weighted by atomic mass is 9.94. The van der Waals surface area contributed by atoms with E-state index in [0.717, 1.165) is 28.0 Å². The molecule has 1 heterocycles. The number of rotatable bonds is 3. The van der Waals surface area contributed by atoms with Crippen molar-refractivity contribution in [3.8, 4) is 16.9 Å². The second kappa shape index (κ2) is 4.72. The maximum absolute atomic E-state index is 5.76. The number of methoxy groups -OCH3 is 1. The first-order valence-electron chi connectivity index (χ1n) is 5.93. The number of nitrogen functional groups attached to an aromatic ring is 1. The lowest BCUT2D eigenvalue weighted by Crippen LogP contribution is -1.98. The standard InChI is InChI=1S/C14H18N2O2/c1-8(2)11-6-10(5-9(3)13(11)17-4)12-7-16-18-14(12)15/h5-8H,15H2,1-4H3. The van der Waals surface area contributed by atoms with Crippen molar-refractivity contribution in [2.45, 2.75) is 26.7 Å². The molecule has 1 aromatic carbocycles. The fraction of sp³-hybridized carbons (Fsp3) is 0.357. The molecule has 4 nitrogen and oxygen atoms in total. The Morgan fingerprint density at radius 3 is 2.56 bits per heavy atom. The number of hydrogen-bond acceptors (Lipinski definition) is 4. The predicted octanol–water partition coefficient (Wildman–Crippen LogP) is 3.36. The zero-order valence-electron chi connectivity index (χ0n) is 11.2. The first-order chi connectivity index (χ1) is 8.54. The number of anilines is 1. The van der Waals surface area contributed by atoms with Crippen molar-refractivity contribution in [2.75, 3.05) is 12.8 Å². The second-order valence-electron chi connectivity index (χ2n) is 4.67. The molecule has 0 unspecified atom stereocenters. The summed E-state index contributed by atoms with van der Waals surface area (Å²) in [4.78, 5) is 0. The topological polar surface area (TPSA) is 61.3 Å². The zero-order valence-corrected chi connectivity index (χ0v) is 11.2. The van der Waals surface area contributed by atoms with Gasteiger partial charge in [-0.05, 0) is 41.7 Å². The first kappa shape index (κ1) is 12.5. The Hall–Kier alpha value is -1.97. The lowest BCUT2D eigenvalue weighted by Gasteiger charge is -2.16. The summed E-state index contributed by atoms with van der Waals surface area (Å²) in [5.74, 6) is 1.65. The summed E-state index contributed by atoms with van der Waals surface area (Å²) < 4.78 is 10.4. The van der Waals surface area contributed by atoms with Crippen LogP contribution in [0.2, 0.25) is 0 Å². The molecule has 0 aliphatic rings. The normalized spacial score (nSPS) is 10.9. The van der Waals surface area contributed by atoms with Gasteiger partial charge in [0.15, 0.2) is 0 Å². The van der Waals surface area contributed by atoms with Gasteiger partial charge in [-0.3, -0.25) is 0 Å². The number of nitrogens with two attached hydrogens (primary N) is 1. The summed E-state index contributed by atoms with van der Waals surface area (Å²) >= 11 is 0. The first-order valence-corrected chi connectivity index (χ1v) is 5.93. The Labute approximate surface area is 107 Å². The Morgan fingerprint density at radius 2 is 2.06 bits per heavy atom. The van der Waals surface area contributed by atoms with Crippen LogP contribution in [0.5, 0.6) is 5.75 Å². The number of hydrogen-bond donors (Lipinski definition) is 1. The number of aromatic nitrogens is 1. The van der Waals surface area contributed by atoms with Crippen LogP contribution < -0.4 is 10.5 Å². The van der Waals surface area contributed by atoms with E-state index in [4.69, 9.17) is 15.0 Å². The van der Waals surface area contributed by atoms with Gasteiger partial charge in [0.2, 0.25) is 5.88 Å². The molecular weight excluding hydrogens is 228 g/mol. The minimum absolute atomic E-state index is 0.342. The van der Waals surface area contributed by atoms with Gasteiger partial charge in [-0.25, -0.2) is 0 Å². The van der Waals surface area contributed by atoms with Crippen LogP contribution in [0.25, 0.3) is 11.1 Å². The van der Waals surface area contributed by atoms with Gasteiger partial charge in [0.05, 0.1) is 18.9 Å². The van der Waals surface area contributed by atoms with Gasteiger partial charge in [-0.2, -0.15) is 0 Å². The number of ether oxygens (including phenoxy) is 1. The Balaban J connectivity index is 2.62. The summed E-state index contributed by atoms with van der Waals surface area (Å²) in [5, 5.41) is 3.71. The van der Waals surface area contributed by atoms with E-state index >= 15 is 0 Å². The average Bonchev–Trinajstić information content (AvgIpc) is 2.74. The minimum atomic E-state index is 0.342. The summed E-state index contributed by atoms with van der Waals surface area (Å²) in [7, 11) is 1.70. The van der Waals surface area contributed by atoms with Crippen molar-refractivity contribution in [1.29, 1.82) is 0 Å². The molecule has 2 rings (SSSR count). The third kappa shape index (κ3) is 2.06. The van der Waals surface area contributed by atoms with Crippen molar-refractivity contribution in [3.05, 3.63) is 29.5 Å². The SMILES string of the molecule is COc1c(C)cc(-c2cnoc2N)cc1C(C)C.